The predicted octanol–water partition coefficient (Wildman–Crippen LogP) is 2.15. The molecule has 10 heteroatoms. The number of nitrogens with one attached hydrogen (secondary N) is 1. The van der Waals surface area contributed by atoms with Gasteiger partial charge in [0, 0.05) is 6.54 Å². The van der Waals surface area contributed by atoms with Gasteiger partial charge in [0.15, 0.2) is 0 Å². The number of hydrogen-bond acceptors (Lipinski definition) is 6. The summed E-state index contributed by atoms with van der Waals surface area (Å²) in [5.41, 5.74) is 0. The number of aliphatic carboxylic acids is 1. The summed E-state index contributed by atoms with van der Waals surface area (Å²) in [5.74, 6) is -2.51. The van der Waals surface area contributed by atoms with Gasteiger partial charge in [-0.15, -0.1) is 0 Å². The number of fused-ring (bicyclic) bond motifs is 1. The fraction of sp³-hybridized carbons (Fsp3) is 0.435. The lowest BCUT2D eigenvalue weighted by Crippen LogP contribution is -2.57. The number of nitrogens with zero attached hydrogens (tertiary/aromatic N) is 1. The lowest BCUT2D eigenvalue weighted by Gasteiger charge is -2.38. The Morgan fingerprint density at radius 1 is 1.18 bits per heavy atom. The smallest absolute Gasteiger partial charge is 0.328 e. The molecule has 178 valence electrons. The number of piperidine rings is 1. The number of esters is 1. The number of carbonyl (C=O) groups excluding carboxylic acids is 2. The van der Waals surface area contributed by atoms with E-state index in [9.17, 15) is 27.9 Å². The maximum absolute atomic E-state index is 13.3. The van der Waals surface area contributed by atoms with Crippen molar-refractivity contribution in [1.29, 1.82) is 0 Å². The van der Waals surface area contributed by atoms with Gasteiger partial charge in [0.2, 0.25) is 15.9 Å². The molecule has 0 saturated carbocycles. The molecule has 0 spiro atoms. The van der Waals surface area contributed by atoms with E-state index in [-0.39, 0.29) is 24.0 Å². The molecule has 1 aliphatic rings. The standard InChI is InChI=1S/C23H28N2O7S/c1-3-32-23(29)20-12-15(2)10-11-25(20)22(28)19(14-21(26)27)24-33(30,31)18-9-8-16-6-4-5-7-17(16)13-18/h4-9,13,15,19-20,24H,3,10-12,14H2,1-2H3,(H,26,27)/t15-,19+,20-/m1/s1. The molecule has 2 N–H and O–H groups in total. The van der Waals surface area contributed by atoms with E-state index >= 15 is 0 Å². The Morgan fingerprint density at radius 3 is 2.55 bits per heavy atom. The van der Waals surface area contributed by atoms with Gasteiger partial charge in [-0.25, -0.2) is 13.2 Å². The van der Waals surface area contributed by atoms with Crippen molar-refractivity contribution in [2.24, 2.45) is 5.92 Å². The zero-order valence-electron chi connectivity index (χ0n) is 18.6. The molecule has 2 aromatic carbocycles. The molecule has 1 fully saturated rings. The summed E-state index contributed by atoms with van der Waals surface area (Å²) in [6.45, 7) is 3.95. The Hall–Kier alpha value is -2.98. The summed E-state index contributed by atoms with van der Waals surface area (Å²) in [6.07, 6.45) is 0.216. The number of hydrogen-bond donors (Lipinski definition) is 2. The Bertz CT molecular complexity index is 1150. The molecule has 1 saturated heterocycles. The normalized spacial score (nSPS) is 19.8. The van der Waals surface area contributed by atoms with Crippen molar-refractivity contribution < 1.29 is 32.6 Å². The zero-order chi connectivity index (χ0) is 24.2. The molecule has 1 amide bonds. The van der Waals surface area contributed by atoms with E-state index in [1.54, 1.807) is 25.1 Å². The summed E-state index contributed by atoms with van der Waals surface area (Å²) in [4.78, 5) is 38.4. The van der Waals surface area contributed by atoms with Crippen molar-refractivity contribution in [3.63, 3.8) is 0 Å². The molecule has 3 rings (SSSR count). The number of amides is 1. The minimum Gasteiger partial charge on any atom is -0.481 e. The molecule has 0 unspecified atom stereocenters. The highest BCUT2D eigenvalue weighted by Gasteiger charge is 2.40. The van der Waals surface area contributed by atoms with Crippen LogP contribution in [0.5, 0.6) is 0 Å². The van der Waals surface area contributed by atoms with Crippen LogP contribution >= 0.6 is 0 Å². The highest BCUT2D eigenvalue weighted by molar-refractivity contribution is 7.89. The molecule has 33 heavy (non-hydrogen) atoms. The van der Waals surface area contributed by atoms with Crippen LogP contribution in [0.4, 0.5) is 0 Å². The largest absolute Gasteiger partial charge is 0.481 e. The van der Waals surface area contributed by atoms with Crippen LogP contribution in [-0.4, -0.2) is 61.5 Å². The van der Waals surface area contributed by atoms with Gasteiger partial charge in [-0.3, -0.25) is 9.59 Å². The van der Waals surface area contributed by atoms with Gasteiger partial charge >= 0.3 is 11.9 Å². The van der Waals surface area contributed by atoms with Crippen molar-refractivity contribution in [3.8, 4) is 0 Å². The SMILES string of the molecule is CCOC(=O)[C@H]1C[C@H](C)CCN1C(=O)[C@H](CC(=O)O)NS(=O)(=O)c1ccc2ccccc2c1. The number of rotatable bonds is 8. The minimum atomic E-state index is -4.22. The molecule has 3 atom stereocenters. The van der Waals surface area contributed by atoms with E-state index in [0.717, 1.165) is 5.39 Å². The van der Waals surface area contributed by atoms with E-state index in [2.05, 4.69) is 4.72 Å². The van der Waals surface area contributed by atoms with Crippen LogP contribution in [0.2, 0.25) is 0 Å². The maximum atomic E-state index is 13.3. The Kier molecular flexibility index (Phi) is 7.70. The lowest BCUT2D eigenvalue weighted by atomic mass is 9.91. The van der Waals surface area contributed by atoms with Crippen molar-refractivity contribution in [1.82, 2.24) is 9.62 Å². The first-order valence-electron chi connectivity index (χ1n) is 10.8. The molecule has 0 radical (unpaired) electrons. The van der Waals surface area contributed by atoms with Gasteiger partial charge < -0.3 is 14.7 Å². The number of sulfonamides is 1. The second-order valence-corrected chi connectivity index (χ2v) is 9.92. The number of ether oxygens (including phenoxy) is 1. The second kappa shape index (κ2) is 10.3. The Morgan fingerprint density at radius 2 is 1.88 bits per heavy atom. The molecule has 1 heterocycles. The topological polar surface area (TPSA) is 130 Å². The average molecular weight is 477 g/mol. The molecular formula is C23H28N2O7S. The zero-order valence-corrected chi connectivity index (χ0v) is 19.4. The van der Waals surface area contributed by atoms with Gasteiger partial charge in [0.1, 0.15) is 12.1 Å². The van der Waals surface area contributed by atoms with E-state index in [1.165, 1.54) is 17.0 Å². The first-order chi connectivity index (χ1) is 15.6. The second-order valence-electron chi connectivity index (χ2n) is 8.21. The van der Waals surface area contributed by atoms with Crippen LogP contribution in [0, 0.1) is 5.92 Å². The third-order valence-electron chi connectivity index (χ3n) is 5.71. The van der Waals surface area contributed by atoms with E-state index in [4.69, 9.17) is 4.74 Å². The monoisotopic (exact) mass is 476 g/mol. The summed E-state index contributed by atoms with van der Waals surface area (Å²) in [5, 5.41) is 10.9. The molecule has 0 aliphatic carbocycles. The number of carboxylic acid groups (broad SMARTS) is 1. The third kappa shape index (κ3) is 5.88. The van der Waals surface area contributed by atoms with Crippen LogP contribution in [-0.2, 0) is 29.1 Å². The highest BCUT2D eigenvalue weighted by atomic mass is 32.2. The van der Waals surface area contributed by atoms with Gasteiger partial charge in [0.25, 0.3) is 0 Å². The fourth-order valence-electron chi connectivity index (χ4n) is 4.01. The van der Waals surface area contributed by atoms with Crippen molar-refractivity contribution in [2.75, 3.05) is 13.2 Å². The fourth-order valence-corrected chi connectivity index (χ4v) is 5.24. The van der Waals surface area contributed by atoms with Gasteiger partial charge in [-0.2, -0.15) is 4.72 Å². The Balaban J connectivity index is 1.89. The van der Waals surface area contributed by atoms with Crippen LogP contribution in [0.1, 0.15) is 33.1 Å². The number of likely N-dealkylation sites (tertiary alicyclic amines) is 1. The molecule has 0 bridgehead atoms. The predicted molar refractivity (Wildman–Crippen MR) is 121 cm³/mol. The van der Waals surface area contributed by atoms with Crippen LogP contribution < -0.4 is 4.72 Å². The van der Waals surface area contributed by atoms with Crippen LogP contribution in [0.25, 0.3) is 10.8 Å². The number of carbonyl (C=O) groups is 3. The number of benzene rings is 2. The van der Waals surface area contributed by atoms with Crippen LogP contribution in [0.3, 0.4) is 0 Å². The van der Waals surface area contributed by atoms with Gasteiger partial charge in [-0.1, -0.05) is 37.3 Å². The van der Waals surface area contributed by atoms with Crippen LogP contribution in [0.15, 0.2) is 47.4 Å². The van der Waals surface area contributed by atoms with Gasteiger partial charge in [0.05, 0.1) is 17.9 Å². The first-order valence-corrected chi connectivity index (χ1v) is 12.3. The molecular weight excluding hydrogens is 448 g/mol. The molecule has 1 aliphatic heterocycles. The van der Waals surface area contributed by atoms with Crippen molar-refractivity contribution in [3.05, 3.63) is 42.5 Å². The van der Waals surface area contributed by atoms with Gasteiger partial charge in [-0.05, 0) is 48.6 Å². The van der Waals surface area contributed by atoms with Crippen molar-refractivity contribution >= 4 is 38.6 Å². The quantitative estimate of drug-likeness (QED) is 0.558. The van der Waals surface area contributed by atoms with E-state index < -0.39 is 46.4 Å². The first kappa shape index (κ1) is 24.7. The Labute approximate surface area is 192 Å². The highest BCUT2D eigenvalue weighted by Crippen LogP contribution is 2.25. The van der Waals surface area contributed by atoms with E-state index in [0.29, 0.717) is 18.2 Å². The molecule has 9 nitrogen and oxygen atoms in total. The van der Waals surface area contributed by atoms with E-state index in [1.807, 2.05) is 19.1 Å². The molecule has 0 aromatic heterocycles. The summed E-state index contributed by atoms with van der Waals surface area (Å²) in [6, 6.07) is 9.25. The summed E-state index contributed by atoms with van der Waals surface area (Å²) >= 11 is 0. The summed E-state index contributed by atoms with van der Waals surface area (Å²) in [7, 11) is -4.22. The summed E-state index contributed by atoms with van der Waals surface area (Å²) < 4.78 is 33.5. The third-order valence-corrected chi connectivity index (χ3v) is 7.18. The average Bonchev–Trinajstić information content (AvgIpc) is 2.77. The maximum Gasteiger partial charge on any atom is 0.328 e. The lowest BCUT2D eigenvalue weighted by molar-refractivity contribution is -0.158. The minimum absolute atomic E-state index is 0.0846. The number of carboxylic acids is 1. The van der Waals surface area contributed by atoms with Crippen molar-refractivity contribution in [2.45, 2.75) is 50.1 Å². The molecule has 2 aromatic rings.